The van der Waals surface area contributed by atoms with Crippen LogP contribution >= 0.6 is 0 Å². The number of anilines is 1. The molecule has 2 aromatic carbocycles. The van der Waals surface area contributed by atoms with E-state index in [9.17, 15) is 10.4 Å². The molecule has 3 rings (SSSR count). The molecule has 0 aliphatic carbocycles. The van der Waals surface area contributed by atoms with Crippen molar-refractivity contribution in [1.82, 2.24) is 4.57 Å². The minimum absolute atomic E-state index is 0.145. The van der Waals surface area contributed by atoms with Crippen LogP contribution < -0.4 is 5.32 Å². The van der Waals surface area contributed by atoms with Crippen LogP contribution in [0.15, 0.2) is 54.7 Å². The van der Waals surface area contributed by atoms with Gasteiger partial charge in [-0.3, -0.25) is 0 Å². The lowest BCUT2D eigenvalue weighted by atomic mass is 9.78. The second kappa shape index (κ2) is 5.93. The predicted octanol–water partition coefficient (Wildman–Crippen LogP) is 4.17. The molecule has 0 saturated carbocycles. The zero-order valence-corrected chi connectivity index (χ0v) is 14.1. The van der Waals surface area contributed by atoms with Gasteiger partial charge in [0.05, 0.1) is 11.8 Å². The fraction of sp³-hybridized carbons (Fsp3) is 0.250. The van der Waals surface area contributed by atoms with Crippen molar-refractivity contribution in [3.05, 3.63) is 60.3 Å². The molecule has 4 heteroatoms. The largest absolute Gasteiger partial charge is 0.506 e. The Labute approximate surface area is 142 Å². The van der Waals surface area contributed by atoms with Crippen LogP contribution in [0.5, 0.6) is 5.75 Å². The number of nitriles is 1. The van der Waals surface area contributed by atoms with Gasteiger partial charge in [0.2, 0.25) is 0 Å². The molecule has 2 N–H and O–H groups in total. The fourth-order valence-electron chi connectivity index (χ4n) is 3.14. The third kappa shape index (κ3) is 2.59. The van der Waals surface area contributed by atoms with E-state index in [1.54, 1.807) is 18.2 Å². The van der Waals surface area contributed by atoms with E-state index in [0.29, 0.717) is 5.69 Å². The van der Waals surface area contributed by atoms with Crippen molar-refractivity contribution in [3.63, 3.8) is 0 Å². The maximum Gasteiger partial charge on any atom is 0.138 e. The summed E-state index contributed by atoms with van der Waals surface area (Å²) >= 11 is 0. The predicted molar refractivity (Wildman–Crippen MR) is 97.1 cm³/mol. The number of nitrogens with one attached hydrogen (secondary N) is 1. The quantitative estimate of drug-likeness (QED) is 0.710. The Kier molecular flexibility index (Phi) is 3.94. The number of para-hydroxylation sites is 3. The van der Waals surface area contributed by atoms with Crippen molar-refractivity contribution in [2.75, 3.05) is 5.32 Å². The number of phenolic OH excluding ortho intramolecular Hbond substituents is 1. The molecule has 1 atom stereocenters. The normalized spacial score (nSPS) is 12.8. The number of rotatable bonds is 4. The summed E-state index contributed by atoms with van der Waals surface area (Å²) in [6, 6.07) is 17.0. The highest BCUT2D eigenvalue weighted by atomic mass is 16.3. The first kappa shape index (κ1) is 15.9. The van der Waals surface area contributed by atoms with E-state index in [-0.39, 0.29) is 5.75 Å². The molecule has 0 bridgehead atoms. The molecule has 0 radical (unpaired) electrons. The fourth-order valence-corrected chi connectivity index (χ4v) is 3.14. The summed E-state index contributed by atoms with van der Waals surface area (Å²) in [4.78, 5) is 0. The van der Waals surface area contributed by atoms with E-state index in [4.69, 9.17) is 0 Å². The molecular weight excluding hydrogens is 298 g/mol. The van der Waals surface area contributed by atoms with Gasteiger partial charge in [0.25, 0.3) is 0 Å². The molecule has 1 unspecified atom stereocenters. The van der Waals surface area contributed by atoms with Crippen molar-refractivity contribution >= 4 is 16.6 Å². The average Bonchev–Trinajstić information content (AvgIpc) is 2.92. The molecule has 0 aliphatic heterocycles. The van der Waals surface area contributed by atoms with Gasteiger partial charge in [-0.2, -0.15) is 5.26 Å². The zero-order chi connectivity index (χ0) is 17.3. The van der Waals surface area contributed by atoms with Crippen LogP contribution in [-0.2, 0) is 12.5 Å². The first-order chi connectivity index (χ1) is 11.4. The Hall–Kier alpha value is -2.93. The third-order valence-corrected chi connectivity index (χ3v) is 4.65. The monoisotopic (exact) mass is 319 g/mol. The van der Waals surface area contributed by atoms with Crippen molar-refractivity contribution in [3.8, 4) is 11.8 Å². The Morgan fingerprint density at radius 3 is 2.50 bits per heavy atom. The average molecular weight is 319 g/mol. The molecule has 4 nitrogen and oxygen atoms in total. The van der Waals surface area contributed by atoms with Crippen molar-refractivity contribution in [1.29, 1.82) is 5.26 Å². The Bertz CT molecular complexity index is 918. The summed E-state index contributed by atoms with van der Waals surface area (Å²) < 4.78 is 2.08. The summed E-state index contributed by atoms with van der Waals surface area (Å²) in [6.45, 7) is 4.10. The van der Waals surface area contributed by atoms with E-state index >= 15 is 0 Å². The van der Waals surface area contributed by atoms with E-state index < -0.39 is 11.5 Å². The topological polar surface area (TPSA) is 61.0 Å². The van der Waals surface area contributed by atoms with Gasteiger partial charge >= 0.3 is 0 Å². The van der Waals surface area contributed by atoms with Gasteiger partial charge in [0.1, 0.15) is 11.8 Å². The Balaban J connectivity index is 2.04. The van der Waals surface area contributed by atoms with Gasteiger partial charge in [-0.05, 0) is 23.8 Å². The van der Waals surface area contributed by atoms with E-state index in [1.165, 1.54) is 0 Å². The van der Waals surface area contributed by atoms with Gasteiger partial charge in [0.15, 0.2) is 0 Å². The molecule has 0 saturated heterocycles. The number of fused-ring (bicyclic) bond motifs is 1. The molecule has 0 aliphatic rings. The molecule has 1 aromatic heterocycles. The molecular formula is C20H21N3O. The van der Waals surface area contributed by atoms with E-state index in [2.05, 4.69) is 48.1 Å². The van der Waals surface area contributed by atoms with E-state index in [0.717, 1.165) is 16.5 Å². The number of aryl methyl sites for hydroxylation is 1. The molecule has 0 amide bonds. The number of aromatic nitrogens is 1. The maximum atomic E-state index is 9.99. The van der Waals surface area contributed by atoms with Crippen molar-refractivity contribution < 1.29 is 5.11 Å². The second-order valence-electron chi connectivity index (χ2n) is 6.62. The van der Waals surface area contributed by atoms with Gasteiger partial charge < -0.3 is 15.0 Å². The molecule has 122 valence electrons. The van der Waals surface area contributed by atoms with Gasteiger partial charge in [-0.25, -0.2) is 0 Å². The maximum absolute atomic E-state index is 9.99. The van der Waals surface area contributed by atoms with Crippen molar-refractivity contribution in [2.24, 2.45) is 7.05 Å². The molecule has 1 heterocycles. The lowest BCUT2D eigenvalue weighted by Crippen LogP contribution is -2.38. The second-order valence-corrected chi connectivity index (χ2v) is 6.62. The summed E-state index contributed by atoms with van der Waals surface area (Å²) in [6.07, 6.45) is 2.08. The van der Waals surface area contributed by atoms with Crippen molar-refractivity contribution in [2.45, 2.75) is 25.3 Å². The molecule has 3 aromatic rings. The summed E-state index contributed by atoms with van der Waals surface area (Å²) in [7, 11) is 2.01. The van der Waals surface area contributed by atoms with Crippen LogP contribution in [0.25, 0.3) is 10.9 Å². The smallest absolute Gasteiger partial charge is 0.138 e. The van der Waals surface area contributed by atoms with Crippen LogP contribution in [0, 0.1) is 11.3 Å². The SMILES string of the molecule is Cn1cc(C(C)(C)C(C#N)Nc2ccccc2O)c2ccccc21. The number of hydrogen-bond donors (Lipinski definition) is 2. The molecule has 0 fully saturated rings. The van der Waals surface area contributed by atoms with Crippen LogP contribution in [0.2, 0.25) is 0 Å². The number of nitrogens with zero attached hydrogens (tertiary/aromatic N) is 2. The first-order valence-electron chi connectivity index (χ1n) is 7.94. The van der Waals surface area contributed by atoms with Crippen LogP contribution in [0.1, 0.15) is 19.4 Å². The number of aromatic hydroxyl groups is 1. The minimum atomic E-state index is -0.489. The summed E-state index contributed by atoms with van der Waals surface area (Å²) in [5.41, 5.74) is 2.37. The number of phenols is 1. The molecule has 0 spiro atoms. The van der Waals surface area contributed by atoms with Gasteiger partial charge in [0, 0.05) is 29.6 Å². The van der Waals surface area contributed by atoms with Gasteiger partial charge in [-0.15, -0.1) is 0 Å². The van der Waals surface area contributed by atoms with Crippen LogP contribution in [-0.4, -0.2) is 15.7 Å². The highest BCUT2D eigenvalue weighted by molar-refractivity contribution is 5.85. The number of hydrogen-bond acceptors (Lipinski definition) is 3. The molecule has 24 heavy (non-hydrogen) atoms. The van der Waals surface area contributed by atoms with Gasteiger partial charge in [-0.1, -0.05) is 44.2 Å². The first-order valence-corrected chi connectivity index (χ1v) is 7.94. The minimum Gasteiger partial charge on any atom is -0.506 e. The Morgan fingerprint density at radius 2 is 1.79 bits per heavy atom. The standard InChI is InChI=1S/C20H21N3O/c1-20(2,15-13-23(3)17-10-6-4-8-14(15)17)19(12-21)22-16-9-5-7-11-18(16)24/h4-11,13,19,22,24H,1-3H3. The van der Waals surface area contributed by atoms with Crippen LogP contribution in [0.4, 0.5) is 5.69 Å². The van der Waals surface area contributed by atoms with Crippen LogP contribution in [0.3, 0.4) is 0 Å². The summed E-state index contributed by atoms with van der Waals surface area (Å²) in [5, 5.41) is 24.1. The Morgan fingerprint density at radius 1 is 1.12 bits per heavy atom. The number of benzene rings is 2. The lowest BCUT2D eigenvalue weighted by molar-refractivity contribution is 0.469. The summed E-state index contributed by atoms with van der Waals surface area (Å²) in [5.74, 6) is 0.145. The lowest BCUT2D eigenvalue weighted by Gasteiger charge is -2.31. The third-order valence-electron chi connectivity index (χ3n) is 4.65. The highest BCUT2D eigenvalue weighted by Gasteiger charge is 2.34. The van der Waals surface area contributed by atoms with E-state index in [1.807, 2.05) is 25.2 Å². The highest BCUT2D eigenvalue weighted by Crippen LogP contribution is 2.36. The zero-order valence-electron chi connectivity index (χ0n) is 14.1.